The molecule has 0 bridgehead atoms. The number of nitrogens with one attached hydrogen (secondary N) is 1. The molecular formula is C15H19N3O2. The molecule has 3 N–H and O–H groups in total. The second kappa shape index (κ2) is 6.88. The van der Waals surface area contributed by atoms with Crippen molar-refractivity contribution >= 4 is 0 Å². The summed E-state index contributed by atoms with van der Waals surface area (Å²) in [5.41, 5.74) is 4.82. The van der Waals surface area contributed by atoms with Gasteiger partial charge in [-0.1, -0.05) is 12.1 Å². The predicted octanol–water partition coefficient (Wildman–Crippen LogP) is 1.85. The van der Waals surface area contributed by atoms with E-state index in [1.54, 1.807) is 20.4 Å². The maximum atomic E-state index is 5.66. The number of aromatic nitrogens is 1. The maximum absolute atomic E-state index is 5.66. The lowest BCUT2D eigenvalue weighted by Gasteiger charge is -2.17. The molecular weight excluding hydrogens is 254 g/mol. The summed E-state index contributed by atoms with van der Waals surface area (Å²) in [4.78, 5) is 4.32. The first kappa shape index (κ1) is 14.3. The van der Waals surface area contributed by atoms with Gasteiger partial charge in [-0.05, 0) is 29.8 Å². The van der Waals surface area contributed by atoms with E-state index >= 15 is 0 Å². The van der Waals surface area contributed by atoms with E-state index < -0.39 is 0 Å². The average molecular weight is 273 g/mol. The van der Waals surface area contributed by atoms with Gasteiger partial charge in [0.25, 0.3) is 0 Å². The van der Waals surface area contributed by atoms with E-state index in [9.17, 15) is 0 Å². The first-order valence-corrected chi connectivity index (χ1v) is 6.36. The molecule has 5 nitrogen and oxygen atoms in total. The van der Waals surface area contributed by atoms with Gasteiger partial charge in [0.1, 0.15) is 0 Å². The molecule has 1 heterocycles. The topological polar surface area (TPSA) is 69.4 Å². The summed E-state index contributed by atoms with van der Waals surface area (Å²) < 4.78 is 10.5. The van der Waals surface area contributed by atoms with Gasteiger partial charge in [0.2, 0.25) is 0 Å². The van der Waals surface area contributed by atoms with Gasteiger partial charge in [-0.25, -0.2) is 0 Å². The van der Waals surface area contributed by atoms with Gasteiger partial charge in [0.05, 0.1) is 20.3 Å². The highest BCUT2D eigenvalue weighted by Gasteiger charge is 2.14. The molecule has 1 aromatic carbocycles. The van der Waals surface area contributed by atoms with E-state index in [2.05, 4.69) is 10.4 Å². The minimum Gasteiger partial charge on any atom is -0.493 e. The van der Waals surface area contributed by atoms with Gasteiger partial charge in [-0.3, -0.25) is 16.3 Å². The molecule has 0 aliphatic carbocycles. The Morgan fingerprint density at radius 2 is 1.95 bits per heavy atom. The van der Waals surface area contributed by atoms with Crippen LogP contribution in [-0.2, 0) is 6.42 Å². The number of benzene rings is 1. The molecule has 1 aromatic heterocycles. The Morgan fingerprint density at radius 3 is 2.55 bits per heavy atom. The number of hydrogen-bond donors (Lipinski definition) is 2. The lowest BCUT2D eigenvalue weighted by molar-refractivity contribution is 0.353. The van der Waals surface area contributed by atoms with Crippen LogP contribution in [0.15, 0.2) is 42.6 Å². The van der Waals surface area contributed by atoms with Crippen molar-refractivity contribution in [2.24, 2.45) is 5.84 Å². The van der Waals surface area contributed by atoms with Crippen molar-refractivity contribution < 1.29 is 9.47 Å². The first-order chi connectivity index (χ1) is 9.78. The summed E-state index contributed by atoms with van der Waals surface area (Å²) in [5, 5.41) is 0. The summed E-state index contributed by atoms with van der Waals surface area (Å²) in [6.45, 7) is 0. The average Bonchev–Trinajstić information content (AvgIpc) is 2.53. The lowest BCUT2D eigenvalue weighted by Crippen LogP contribution is -2.29. The third-order valence-electron chi connectivity index (χ3n) is 3.15. The number of nitrogens with zero attached hydrogens (tertiary/aromatic N) is 1. The molecule has 0 aliphatic rings. The van der Waals surface area contributed by atoms with Crippen LogP contribution in [0, 0.1) is 0 Å². The zero-order valence-corrected chi connectivity index (χ0v) is 11.7. The zero-order valence-electron chi connectivity index (χ0n) is 11.7. The fraction of sp³-hybridized carbons (Fsp3) is 0.267. The van der Waals surface area contributed by atoms with E-state index in [-0.39, 0.29) is 6.04 Å². The molecule has 1 unspecified atom stereocenters. The highest BCUT2D eigenvalue weighted by molar-refractivity contribution is 5.44. The monoisotopic (exact) mass is 273 g/mol. The van der Waals surface area contributed by atoms with Crippen molar-refractivity contribution in [1.82, 2.24) is 10.4 Å². The standard InChI is InChI=1S/C15H19N3O2/c1-19-14-7-6-11(9-15(14)20-2)13(18-16)10-12-5-3-4-8-17-12/h3-9,13,18H,10,16H2,1-2H3. The largest absolute Gasteiger partial charge is 0.493 e. The van der Waals surface area contributed by atoms with Crippen molar-refractivity contribution in [3.8, 4) is 11.5 Å². The first-order valence-electron chi connectivity index (χ1n) is 6.36. The zero-order chi connectivity index (χ0) is 14.4. The van der Waals surface area contributed by atoms with Gasteiger partial charge < -0.3 is 9.47 Å². The van der Waals surface area contributed by atoms with Crippen LogP contribution < -0.4 is 20.7 Å². The van der Waals surface area contributed by atoms with Gasteiger partial charge >= 0.3 is 0 Å². The van der Waals surface area contributed by atoms with Crippen LogP contribution in [0.25, 0.3) is 0 Å². The van der Waals surface area contributed by atoms with Gasteiger partial charge in [-0.2, -0.15) is 0 Å². The van der Waals surface area contributed by atoms with Gasteiger partial charge in [-0.15, -0.1) is 0 Å². The van der Waals surface area contributed by atoms with Gasteiger partial charge in [0, 0.05) is 18.3 Å². The molecule has 0 radical (unpaired) electrons. The lowest BCUT2D eigenvalue weighted by atomic mass is 10.0. The van der Waals surface area contributed by atoms with Crippen molar-refractivity contribution in [3.05, 3.63) is 53.9 Å². The fourth-order valence-electron chi connectivity index (χ4n) is 2.07. The summed E-state index contributed by atoms with van der Waals surface area (Å²) in [7, 11) is 3.23. The molecule has 0 fully saturated rings. The molecule has 0 saturated heterocycles. The summed E-state index contributed by atoms with van der Waals surface area (Å²) in [6.07, 6.45) is 2.48. The third kappa shape index (κ3) is 3.26. The Balaban J connectivity index is 2.23. The van der Waals surface area contributed by atoms with Crippen LogP contribution in [-0.4, -0.2) is 19.2 Å². The second-order valence-electron chi connectivity index (χ2n) is 4.36. The van der Waals surface area contributed by atoms with Crippen molar-refractivity contribution in [2.45, 2.75) is 12.5 Å². The van der Waals surface area contributed by atoms with E-state index in [4.69, 9.17) is 15.3 Å². The van der Waals surface area contributed by atoms with Gasteiger partial charge in [0.15, 0.2) is 11.5 Å². The van der Waals surface area contributed by atoms with E-state index in [0.717, 1.165) is 11.3 Å². The molecule has 0 amide bonds. The Kier molecular flexibility index (Phi) is 4.92. The minimum absolute atomic E-state index is 0.0373. The fourth-order valence-corrected chi connectivity index (χ4v) is 2.07. The summed E-state index contributed by atoms with van der Waals surface area (Å²) in [5.74, 6) is 7.05. The highest BCUT2D eigenvalue weighted by atomic mass is 16.5. The Hall–Kier alpha value is -2.11. The smallest absolute Gasteiger partial charge is 0.161 e. The summed E-state index contributed by atoms with van der Waals surface area (Å²) in [6, 6.07) is 11.6. The predicted molar refractivity (Wildman–Crippen MR) is 77.6 cm³/mol. The Labute approximate surface area is 118 Å². The van der Waals surface area contributed by atoms with Crippen molar-refractivity contribution in [1.29, 1.82) is 0 Å². The molecule has 0 aliphatic heterocycles. The number of ether oxygens (including phenoxy) is 2. The van der Waals surface area contributed by atoms with Crippen molar-refractivity contribution in [2.75, 3.05) is 14.2 Å². The Bertz CT molecular complexity index is 546. The number of hydrogen-bond acceptors (Lipinski definition) is 5. The number of pyridine rings is 1. The molecule has 2 aromatic rings. The quantitative estimate of drug-likeness (QED) is 0.621. The molecule has 2 rings (SSSR count). The van der Waals surface area contributed by atoms with Crippen LogP contribution in [0.1, 0.15) is 17.3 Å². The maximum Gasteiger partial charge on any atom is 0.161 e. The summed E-state index contributed by atoms with van der Waals surface area (Å²) >= 11 is 0. The molecule has 0 saturated carbocycles. The number of rotatable bonds is 6. The SMILES string of the molecule is COc1ccc(C(Cc2ccccn2)NN)cc1OC. The van der Waals surface area contributed by atoms with E-state index in [1.165, 1.54) is 0 Å². The van der Waals surface area contributed by atoms with E-state index in [1.807, 2.05) is 36.4 Å². The van der Waals surface area contributed by atoms with Crippen LogP contribution in [0.2, 0.25) is 0 Å². The molecule has 20 heavy (non-hydrogen) atoms. The molecule has 1 atom stereocenters. The van der Waals surface area contributed by atoms with Crippen LogP contribution >= 0.6 is 0 Å². The van der Waals surface area contributed by atoms with Crippen LogP contribution in [0.3, 0.4) is 0 Å². The Morgan fingerprint density at radius 1 is 1.15 bits per heavy atom. The normalized spacial score (nSPS) is 11.9. The van der Waals surface area contributed by atoms with Crippen molar-refractivity contribution in [3.63, 3.8) is 0 Å². The second-order valence-corrected chi connectivity index (χ2v) is 4.36. The highest BCUT2D eigenvalue weighted by Crippen LogP contribution is 2.30. The van der Waals surface area contributed by atoms with Crippen LogP contribution in [0.5, 0.6) is 11.5 Å². The number of hydrazine groups is 1. The molecule has 0 spiro atoms. The van der Waals surface area contributed by atoms with E-state index in [0.29, 0.717) is 17.9 Å². The molecule has 5 heteroatoms. The number of nitrogens with two attached hydrogens (primary N) is 1. The van der Waals surface area contributed by atoms with Crippen LogP contribution in [0.4, 0.5) is 0 Å². The minimum atomic E-state index is -0.0373. The number of methoxy groups -OCH3 is 2. The third-order valence-corrected chi connectivity index (χ3v) is 3.15. The molecule has 106 valence electrons.